The van der Waals surface area contributed by atoms with Crippen LogP contribution in [-0.2, 0) is 21.4 Å². The molecule has 0 spiro atoms. The van der Waals surface area contributed by atoms with Crippen molar-refractivity contribution in [3.05, 3.63) is 88.4 Å². The van der Waals surface area contributed by atoms with Gasteiger partial charge >= 0.3 is 0 Å². The third-order valence-electron chi connectivity index (χ3n) is 4.99. The van der Waals surface area contributed by atoms with Gasteiger partial charge in [-0.1, -0.05) is 41.4 Å². The number of sulfonamides is 1. The molecule has 0 saturated carbocycles. The van der Waals surface area contributed by atoms with Crippen molar-refractivity contribution in [3.63, 3.8) is 0 Å². The summed E-state index contributed by atoms with van der Waals surface area (Å²) in [6, 6.07) is 19.5. The Balaban J connectivity index is 1.64. The summed E-state index contributed by atoms with van der Waals surface area (Å²) >= 11 is 5.92. The molecule has 0 saturated heterocycles. The molecule has 36 heavy (non-hydrogen) atoms. The Labute approximate surface area is 216 Å². The van der Waals surface area contributed by atoms with E-state index in [1.807, 2.05) is 26.0 Å². The molecular weight excluding hydrogens is 502 g/mol. The predicted molar refractivity (Wildman–Crippen MR) is 143 cm³/mol. The molecule has 0 aliphatic rings. The van der Waals surface area contributed by atoms with Crippen LogP contribution >= 0.6 is 11.6 Å². The van der Waals surface area contributed by atoms with E-state index in [0.717, 1.165) is 21.7 Å². The standard InChI is InChI=1S/C26H28ClN3O5S/c1-4-34-25-15-21(9-14-24(25)35-18-20-7-10-22(27)11-8-20)16-28-29-26(31)17-30(36(3,32)33)23-12-5-19(2)6-13-23/h5-16H,4,17-18H2,1-3H3,(H,29,31)/b28-16-. The van der Waals surface area contributed by atoms with Crippen LogP contribution in [0, 0.1) is 6.92 Å². The fourth-order valence-corrected chi connectivity index (χ4v) is 4.17. The molecule has 0 aliphatic carbocycles. The van der Waals surface area contributed by atoms with Gasteiger partial charge in [0.25, 0.3) is 5.91 Å². The molecule has 0 aromatic heterocycles. The van der Waals surface area contributed by atoms with Crippen molar-refractivity contribution in [2.75, 3.05) is 23.7 Å². The van der Waals surface area contributed by atoms with Crippen molar-refractivity contribution < 1.29 is 22.7 Å². The summed E-state index contributed by atoms with van der Waals surface area (Å²) in [4.78, 5) is 12.4. The molecule has 190 valence electrons. The number of aryl methyl sites for hydroxylation is 1. The van der Waals surface area contributed by atoms with Crippen LogP contribution in [0.4, 0.5) is 5.69 Å². The number of carbonyl (C=O) groups is 1. The highest BCUT2D eigenvalue weighted by molar-refractivity contribution is 7.92. The summed E-state index contributed by atoms with van der Waals surface area (Å²) in [5.41, 5.74) is 5.38. The van der Waals surface area contributed by atoms with Gasteiger partial charge in [0.15, 0.2) is 11.5 Å². The Morgan fingerprint density at radius 3 is 2.36 bits per heavy atom. The van der Waals surface area contributed by atoms with Gasteiger partial charge in [0.2, 0.25) is 10.0 Å². The first-order valence-corrected chi connectivity index (χ1v) is 13.4. The van der Waals surface area contributed by atoms with Crippen molar-refractivity contribution in [2.45, 2.75) is 20.5 Å². The van der Waals surface area contributed by atoms with E-state index in [0.29, 0.717) is 41.0 Å². The molecule has 0 heterocycles. The lowest BCUT2D eigenvalue weighted by Crippen LogP contribution is -2.39. The maximum atomic E-state index is 12.4. The maximum Gasteiger partial charge on any atom is 0.260 e. The third kappa shape index (κ3) is 8.00. The highest BCUT2D eigenvalue weighted by atomic mass is 35.5. The van der Waals surface area contributed by atoms with Crippen LogP contribution in [-0.4, -0.2) is 39.9 Å². The van der Waals surface area contributed by atoms with Crippen LogP contribution in [0.5, 0.6) is 11.5 Å². The van der Waals surface area contributed by atoms with E-state index in [9.17, 15) is 13.2 Å². The van der Waals surface area contributed by atoms with E-state index in [1.54, 1.807) is 54.6 Å². The van der Waals surface area contributed by atoms with Gasteiger partial charge in [0.1, 0.15) is 13.2 Å². The van der Waals surface area contributed by atoms with Crippen LogP contribution < -0.4 is 19.2 Å². The maximum absolute atomic E-state index is 12.4. The van der Waals surface area contributed by atoms with Crippen molar-refractivity contribution in [1.29, 1.82) is 0 Å². The number of carbonyl (C=O) groups excluding carboxylic acids is 1. The van der Waals surface area contributed by atoms with E-state index in [2.05, 4.69) is 10.5 Å². The lowest BCUT2D eigenvalue weighted by atomic mass is 10.2. The van der Waals surface area contributed by atoms with E-state index in [4.69, 9.17) is 21.1 Å². The fourth-order valence-electron chi connectivity index (χ4n) is 3.19. The molecule has 3 aromatic carbocycles. The minimum atomic E-state index is -3.66. The van der Waals surface area contributed by atoms with Crippen molar-refractivity contribution >= 4 is 39.4 Å². The molecule has 0 radical (unpaired) electrons. The molecule has 0 bridgehead atoms. The Kier molecular flexibility index (Phi) is 9.32. The number of benzene rings is 3. The molecule has 3 rings (SSSR count). The monoisotopic (exact) mass is 529 g/mol. The first kappa shape index (κ1) is 27.0. The molecule has 0 aliphatic heterocycles. The summed E-state index contributed by atoms with van der Waals surface area (Å²) in [6.07, 6.45) is 2.50. The van der Waals surface area contributed by atoms with Crippen LogP contribution in [0.25, 0.3) is 0 Å². The quantitative estimate of drug-likeness (QED) is 0.290. The smallest absolute Gasteiger partial charge is 0.260 e. The van der Waals surface area contributed by atoms with E-state index in [1.165, 1.54) is 6.21 Å². The average molecular weight is 530 g/mol. The Morgan fingerprint density at radius 1 is 1.03 bits per heavy atom. The van der Waals surface area contributed by atoms with Crippen LogP contribution in [0.1, 0.15) is 23.6 Å². The van der Waals surface area contributed by atoms with Gasteiger partial charge in [-0.25, -0.2) is 13.8 Å². The molecule has 0 unspecified atom stereocenters. The largest absolute Gasteiger partial charge is 0.490 e. The number of nitrogens with one attached hydrogen (secondary N) is 1. The Morgan fingerprint density at radius 2 is 1.72 bits per heavy atom. The average Bonchev–Trinajstić information content (AvgIpc) is 2.83. The SMILES string of the molecule is CCOc1cc(/C=N\NC(=O)CN(c2ccc(C)cc2)S(C)(=O)=O)ccc1OCc1ccc(Cl)cc1. The lowest BCUT2D eigenvalue weighted by Gasteiger charge is -2.21. The summed E-state index contributed by atoms with van der Waals surface area (Å²) in [5.74, 6) is 0.518. The predicted octanol–water partition coefficient (Wildman–Crippen LogP) is 4.54. The van der Waals surface area contributed by atoms with Gasteiger partial charge in [0.05, 0.1) is 24.8 Å². The normalized spacial score (nSPS) is 11.3. The number of nitrogens with zero attached hydrogens (tertiary/aromatic N) is 2. The number of hydrogen-bond donors (Lipinski definition) is 1. The first-order valence-electron chi connectivity index (χ1n) is 11.2. The van der Waals surface area contributed by atoms with Crippen molar-refractivity contribution in [3.8, 4) is 11.5 Å². The first-order chi connectivity index (χ1) is 17.2. The van der Waals surface area contributed by atoms with E-state index in [-0.39, 0.29) is 0 Å². The van der Waals surface area contributed by atoms with Crippen molar-refractivity contribution in [1.82, 2.24) is 5.43 Å². The topological polar surface area (TPSA) is 97.3 Å². The molecule has 0 fully saturated rings. The zero-order valence-electron chi connectivity index (χ0n) is 20.3. The molecule has 10 heteroatoms. The number of halogens is 1. The van der Waals surface area contributed by atoms with E-state index < -0.39 is 22.5 Å². The molecule has 0 atom stereocenters. The van der Waals surface area contributed by atoms with Crippen LogP contribution in [0.2, 0.25) is 5.02 Å². The van der Waals surface area contributed by atoms with Crippen LogP contribution in [0.3, 0.4) is 0 Å². The highest BCUT2D eigenvalue weighted by Gasteiger charge is 2.20. The Hall–Kier alpha value is -3.56. The molecule has 1 N–H and O–H groups in total. The second-order valence-electron chi connectivity index (χ2n) is 7.95. The minimum Gasteiger partial charge on any atom is -0.490 e. The summed E-state index contributed by atoms with van der Waals surface area (Å²) in [7, 11) is -3.66. The molecular formula is C26H28ClN3O5S. The number of anilines is 1. The van der Waals surface area contributed by atoms with Gasteiger partial charge in [-0.05, 0) is 67.4 Å². The lowest BCUT2D eigenvalue weighted by molar-refractivity contribution is -0.119. The minimum absolute atomic E-state index is 0.346. The summed E-state index contributed by atoms with van der Waals surface area (Å²) in [5, 5.41) is 4.62. The highest BCUT2D eigenvalue weighted by Crippen LogP contribution is 2.29. The number of hydrazone groups is 1. The second kappa shape index (κ2) is 12.4. The number of amides is 1. The van der Waals surface area contributed by atoms with Gasteiger partial charge in [-0.3, -0.25) is 9.10 Å². The molecule has 8 nitrogen and oxygen atoms in total. The molecule has 3 aromatic rings. The van der Waals surface area contributed by atoms with Gasteiger partial charge in [-0.2, -0.15) is 5.10 Å². The van der Waals surface area contributed by atoms with Crippen molar-refractivity contribution in [2.24, 2.45) is 5.10 Å². The zero-order chi connectivity index (χ0) is 26.1. The second-order valence-corrected chi connectivity index (χ2v) is 10.3. The number of rotatable bonds is 11. The number of ether oxygens (including phenoxy) is 2. The van der Waals surface area contributed by atoms with Gasteiger partial charge in [-0.15, -0.1) is 0 Å². The van der Waals surface area contributed by atoms with E-state index >= 15 is 0 Å². The fraction of sp³-hybridized carbons (Fsp3) is 0.231. The summed E-state index contributed by atoms with van der Waals surface area (Å²) < 4.78 is 37.0. The van der Waals surface area contributed by atoms with Gasteiger partial charge < -0.3 is 9.47 Å². The number of hydrogen-bond acceptors (Lipinski definition) is 6. The Bertz CT molecular complexity index is 1310. The van der Waals surface area contributed by atoms with Crippen LogP contribution in [0.15, 0.2) is 71.8 Å². The zero-order valence-corrected chi connectivity index (χ0v) is 21.8. The molecule has 1 amide bonds. The third-order valence-corrected chi connectivity index (χ3v) is 6.38. The summed E-state index contributed by atoms with van der Waals surface area (Å²) in [6.45, 7) is 4.14. The van der Waals surface area contributed by atoms with Gasteiger partial charge in [0, 0.05) is 5.02 Å².